The van der Waals surface area contributed by atoms with Crippen LogP contribution in [0, 0.1) is 20.8 Å². The molecule has 0 N–H and O–H groups in total. The monoisotopic (exact) mass is 462 g/mol. The van der Waals surface area contributed by atoms with Crippen LogP contribution in [0.5, 0.6) is 0 Å². The van der Waals surface area contributed by atoms with Crippen LogP contribution in [0.1, 0.15) is 40.2 Å². The predicted octanol–water partition coefficient (Wildman–Crippen LogP) is 2.64. The molecule has 2 heterocycles. The Balaban J connectivity index is 1.68. The van der Waals surface area contributed by atoms with Crippen molar-refractivity contribution in [3.05, 3.63) is 52.8 Å². The predicted molar refractivity (Wildman–Crippen MR) is 119 cm³/mol. The highest BCUT2D eigenvalue weighted by Gasteiger charge is 2.40. The number of Topliss-reactive ketones (excluding diaryl/α,β-unsaturated/α-hetero) is 1. The molecule has 174 valence electrons. The number of aromatic nitrogens is 1. The van der Waals surface area contributed by atoms with Crippen molar-refractivity contribution in [3.63, 3.8) is 0 Å². The van der Waals surface area contributed by atoms with Crippen LogP contribution in [0.4, 0.5) is 0 Å². The number of carbonyl (C=O) groups is 2. The van der Waals surface area contributed by atoms with Crippen molar-refractivity contribution < 1.29 is 27.5 Å². The van der Waals surface area contributed by atoms with E-state index in [9.17, 15) is 18.0 Å². The molecule has 1 aliphatic heterocycles. The molecule has 1 fully saturated rings. The Labute approximate surface area is 189 Å². The molecule has 1 atom stereocenters. The molecular weight excluding hydrogens is 432 g/mol. The fourth-order valence-corrected chi connectivity index (χ4v) is 5.68. The molecule has 0 aliphatic carbocycles. The van der Waals surface area contributed by atoms with Gasteiger partial charge in [0.1, 0.15) is 6.04 Å². The number of rotatable bonds is 9. The van der Waals surface area contributed by atoms with Crippen LogP contribution in [-0.2, 0) is 30.8 Å². The van der Waals surface area contributed by atoms with E-state index in [2.05, 4.69) is 0 Å². The Kier molecular flexibility index (Phi) is 7.53. The first-order valence-corrected chi connectivity index (χ1v) is 12.0. The normalized spacial score (nSPS) is 16.9. The van der Waals surface area contributed by atoms with Crippen molar-refractivity contribution in [1.29, 1.82) is 0 Å². The van der Waals surface area contributed by atoms with E-state index in [-0.39, 0.29) is 17.2 Å². The molecule has 1 aromatic heterocycles. The average molecular weight is 463 g/mol. The number of carbonyl (C=O) groups excluding carboxylic acids is 2. The summed E-state index contributed by atoms with van der Waals surface area (Å²) in [4.78, 5) is 25.6. The summed E-state index contributed by atoms with van der Waals surface area (Å²) in [6.45, 7) is 6.56. The van der Waals surface area contributed by atoms with Crippen LogP contribution >= 0.6 is 0 Å². The molecule has 1 aliphatic rings. The lowest BCUT2D eigenvalue weighted by atomic mass is 10.1. The molecule has 8 nitrogen and oxygen atoms in total. The summed E-state index contributed by atoms with van der Waals surface area (Å²) in [5, 5.41) is 0. The molecule has 32 heavy (non-hydrogen) atoms. The van der Waals surface area contributed by atoms with Gasteiger partial charge in [-0.1, -0.05) is 17.7 Å². The first-order chi connectivity index (χ1) is 15.2. The van der Waals surface area contributed by atoms with Gasteiger partial charge in [0.2, 0.25) is 15.8 Å². The van der Waals surface area contributed by atoms with Gasteiger partial charge in [0.25, 0.3) is 0 Å². The van der Waals surface area contributed by atoms with E-state index in [1.807, 2.05) is 25.3 Å². The molecule has 1 saturated heterocycles. The van der Waals surface area contributed by atoms with Crippen LogP contribution in [0.3, 0.4) is 0 Å². The van der Waals surface area contributed by atoms with Gasteiger partial charge in [-0.05, 0) is 51.8 Å². The maximum absolute atomic E-state index is 13.0. The first kappa shape index (κ1) is 24.2. The molecule has 1 aromatic carbocycles. The molecule has 0 spiro atoms. The third-order valence-electron chi connectivity index (χ3n) is 5.84. The molecule has 9 heteroatoms. The third kappa shape index (κ3) is 4.95. The second-order valence-electron chi connectivity index (χ2n) is 8.05. The van der Waals surface area contributed by atoms with Gasteiger partial charge in [-0.3, -0.25) is 9.59 Å². The van der Waals surface area contributed by atoms with Crippen molar-refractivity contribution in [2.75, 3.05) is 26.9 Å². The summed E-state index contributed by atoms with van der Waals surface area (Å²) >= 11 is 0. The van der Waals surface area contributed by atoms with E-state index >= 15 is 0 Å². The summed E-state index contributed by atoms with van der Waals surface area (Å²) in [6, 6.07) is 7.35. The van der Waals surface area contributed by atoms with Crippen LogP contribution < -0.4 is 0 Å². The quantitative estimate of drug-likeness (QED) is 0.420. The van der Waals surface area contributed by atoms with Gasteiger partial charge in [0.15, 0.2) is 6.61 Å². The number of nitrogens with zero attached hydrogens (tertiary/aromatic N) is 2. The summed E-state index contributed by atoms with van der Waals surface area (Å²) in [6.07, 6.45) is 0.920. The largest absolute Gasteiger partial charge is 0.456 e. The number of ether oxygens (including phenoxy) is 2. The molecule has 0 unspecified atom stereocenters. The number of ketones is 1. The Hall–Kier alpha value is -2.49. The van der Waals surface area contributed by atoms with Crippen molar-refractivity contribution in [2.45, 2.75) is 51.1 Å². The average Bonchev–Trinajstić information content (AvgIpc) is 3.36. The number of hydrogen-bond acceptors (Lipinski definition) is 6. The standard InChI is InChI=1S/C23H30N2O6S/c1-16-7-9-19(10-8-16)32(28,29)25-11-5-6-21(25)23(27)31-15-22(26)20-14-17(2)24(18(20)3)12-13-30-4/h7-10,14,21H,5-6,11-13,15H2,1-4H3/t21-/m0/s1. The summed E-state index contributed by atoms with van der Waals surface area (Å²) in [7, 11) is -2.21. The van der Waals surface area contributed by atoms with Crippen molar-refractivity contribution >= 4 is 21.8 Å². The zero-order chi connectivity index (χ0) is 23.5. The number of aryl methyl sites for hydroxylation is 2. The zero-order valence-electron chi connectivity index (χ0n) is 19.0. The lowest BCUT2D eigenvalue weighted by Gasteiger charge is -2.22. The van der Waals surface area contributed by atoms with Gasteiger partial charge < -0.3 is 14.0 Å². The lowest BCUT2D eigenvalue weighted by molar-refractivity contribution is -0.146. The minimum Gasteiger partial charge on any atom is -0.456 e. The topological polar surface area (TPSA) is 94.9 Å². The number of sulfonamides is 1. The summed E-state index contributed by atoms with van der Waals surface area (Å²) in [5.74, 6) is -1.01. The minimum absolute atomic E-state index is 0.141. The van der Waals surface area contributed by atoms with Crippen LogP contribution in [0.2, 0.25) is 0 Å². The Bertz CT molecular complexity index is 1090. The SMILES string of the molecule is COCCn1c(C)cc(C(=O)COC(=O)[C@@H]2CCCN2S(=O)(=O)c2ccc(C)cc2)c1C. The van der Waals surface area contributed by atoms with E-state index in [0.29, 0.717) is 31.6 Å². The molecule has 2 aromatic rings. The van der Waals surface area contributed by atoms with Gasteiger partial charge in [-0.25, -0.2) is 8.42 Å². The van der Waals surface area contributed by atoms with E-state index in [1.54, 1.807) is 25.3 Å². The van der Waals surface area contributed by atoms with Gasteiger partial charge in [-0.2, -0.15) is 4.31 Å². The smallest absolute Gasteiger partial charge is 0.324 e. The van der Waals surface area contributed by atoms with Crippen LogP contribution in [0.25, 0.3) is 0 Å². The molecule has 0 amide bonds. The molecular formula is C23H30N2O6S. The highest BCUT2D eigenvalue weighted by Crippen LogP contribution is 2.27. The van der Waals surface area contributed by atoms with Crippen molar-refractivity contribution in [3.8, 4) is 0 Å². The first-order valence-electron chi connectivity index (χ1n) is 10.6. The minimum atomic E-state index is -3.83. The van der Waals surface area contributed by atoms with E-state index in [1.165, 1.54) is 16.4 Å². The van der Waals surface area contributed by atoms with Crippen molar-refractivity contribution in [2.24, 2.45) is 0 Å². The van der Waals surface area contributed by atoms with Gasteiger partial charge in [-0.15, -0.1) is 0 Å². The van der Waals surface area contributed by atoms with Crippen molar-refractivity contribution in [1.82, 2.24) is 8.87 Å². The van der Waals surface area contributed by atoms with E-state index in [0.717, 1.165) is 17.0 Å². The highest BCUT2D eigenvalue weighted by atomic mass is 32.2. The molecule has 0 saturated carbocycles. The third-order valence-corrected chi connectivity index (χ3v) is 7.76. The van der Waals surface area contributed by atoms with Crippen LogP contribution in [-0.4, -0.2) is 62.0 Å². The van der Waals surface area contributed by atoms with E-state index < -0.39 is 28.6 Å². The zero-order valence-corrected chi connectivity index (χ0v) is 19.8. The van der Waals surface area contributed by atoms with Gasteiger partial charge >= 0.3 is 5.97 Å². The number of esters is 1. The lowest BCUT2D eigenvalue weighted by Crippen LogP contribution is -2.41. The molecule has 0 bridgehead atoms. The second kappa shape index (κ2) is 9.97. The number of methoxy groups -OCH3 is 1. The van der Waals surface area contributed by atoms with Gasteiger partial charge in [0, 0.05) is 37.2 Å². The number of benzene rings is 1. The maximum Gasteiger partial charge on any atom is 0.324 e. The van der Waals surface area contributed by atoms with Gasteiger partial charge in [0.05, 0.1) is 11.5 Å². The Morgan fingerprint density at radius 2 is 1.81 bits per heavy atom. The summed E-state index contributed by atoms with van der Waals surface area (Å²) in [5.41, 5.74) is 3.13. The number of hydrogen-bond donors (Lipinski definition) is 0. The maximum atomic E-state index is 13.0. The highest BCUT2D eigenvalue weighted by molar-refractivity contribution is 7.89. The fourth-order valence-electron chi connectivity index (χ4n) is 4.03. The van der Waals surface area contributed by atoms with Crippen LogP contribution in [0.15, 0.2) is 35.2 Å². The Morgan fingerprint density at radius 1 is 1.12 bits per heavy atom. The van der Waals surface area contributed by atoms with E-state index in [4.69, 9.17) is 9.47 Å². The molecule has 3 rings (SSSR count). The summed E-state index contributed by atoms with van der Waals surface area (Å²) < 4.78 is 39.6. The molecule has 0 radical (unpaired) electrons. The fraction of sp³-hybridized carbons (Fsp3) is 0.478. The second-order valence-corrected chi connectivity index (χ2v) is 9.94. The Morgan fingerprint density at radius 3 is 2.47 bits per heavy atom.